The normalized spacial score (nSPS) is 14.7. The fraction of sp³-hybridized carbons (Fsp3) is 0.440. The van der Waals surface area contributed by atoms with Crippen LogP contribution in [0.4, 0.5) is 17.5 Å². The molecule has 10 nitrogen and oxygen atoms in total. The molecule has 0 aliphatic carbocycles. The number of piperazine rings is 1. The van der Waals surface area contributed by atoms with E-state index in [1.54, 1.807) is 19.3 Å². The Morgan fingerprint density at radius 3 is 2.56 bits per heavy atom. The van der Waals surface area contributed by atoms with Gasteiger partial charge in [0.25, 0.3) is 11.5 Å². The van der Waals surface area contributed by atoms with Crippen LogP contribution in [0.15, 0.2) is 35.3 Å². The van der Waals surface area contributed by atoms with Crippen LogP contribution in [-0.4, -0.2) is 70.7 Å². The number of rotatable bonds is 6. The van der Waals surface area contributed by atoms with Gasteiger partial charge in [-0.3, -0.25) is 14.5 Å². The molecule has 0 atom stereocenters. The van der Waals surface area contributed by atoms with Crippen LogP contribution in [0.25, 0.3) is 10.9 Å². The number of nitrogens with one attached hydrogen (secondary N) is 2. The number of benzene rings is 1. The molecular formula is C25H32ClN7O3. The van der Waals surface area contributed by atoms with Gasteiger partial charge < -0.3 is 24.8 Å². The van der Waals surface area contributed by atoms with Crippen LogP contribution in [0.2, 0.25) is 5.02 Å². The summed E-state index contributed by atoms with van der Waals surface area (Å²) in [6.07, 6.45) is 1.61. The number of fused-ring (bicyclic) bond motifs is 1. The number of pyridine rings is 1. The third-order valence-electron chi connectivity index (χ3n) is 6.33. The van der Waals surface area contributed by atoms with Crippen LogP contribution >= 0.6 is 11.6 Å². The van der Waals surface area contributed by atoms with Crippen LogP contribution in [0.3, 0.4) is 0 Å². The number of hydrogen-bond donors (Lipinski definition) is 2. The lowest BCUT2D eigenvalue weighted by molar-refractivity contribution is -0.122. The maximum Gasteiger partial charge on any atom is 0.293 e. The minimum atomic E-state index is -0.318. The number of anilines is 3. The Morgan fingerprint density at radius 2 is 1.89 bits per heavy atom. The van der Waals surface area contributed by atoms with Gasteiger partial charge in [0.05, 0.1) is 11.7 Å². The quantitative estimate of drug-likeness (QED) is 0.518. The molecule has 1 aromatic carbocycles. The van der Waals surface area contributed by atoms with Crippen LogP contribution in [0.5, 0.6) is 5.75 Å². The first kappa shape index (κ1) is 25.7. The molecule has 0 spiro atoms. The first-order valence-electron chi connectivity index (χ1n) is 11.8. The van der Waals surface area contributed by atoms with Gasteiger partial charge in [0.15, 0.2) is 18.2 Å². The first-order valence-corrected chi connectivity index (χ1v) is 12.2. The molecule has 0 unspecified atom stereocenters. The van der Waals surface area contributed by atoms with Gasteiger partial charge in [-0.25, -0.2) is 4.98 Å². The Morgan fingerprint density at radius 1 is 1.17 bits per heavy atom. The van der Waals surface area contributed by atoms with E-state index >= 15 is 0 Å². The van der Waals surface area contributed by atoms with Gasteiger partial charge in [-0.1, -0.05) is 11.6 Å². The lowest BCUT2D eigenvalue weighted by Gasteiger charge is -2.42. The van der Waals surface area contributed by atoms with Crippen molar-refractivity contribution in [1.29, 1.82) is 0 Å². The number of hydrogen-bond acceptors (Lipinski definition) is 8. The number of ether oxygens (including phenoxy) is 1. The predicted molar refractivity (Wildman–Crippen MR) is 143 cm³/mol. The van der Waals surface area contributed by atoms with Crippen molar-refractivity contribution in [1.82, 2.24) is 24.8 Å². The summed E-state index contributed by atoms with van der Waals surface area (Å²) >= 11 is 6.42. The number of amides is 1. The first-order chi connectivity index (χ1) is 17.1. The Balaban J connectivity index is 1.56. The molecular weight excluding hydrogens is 482 g/mol. The van der Waals surface area contributed by atoms with E-state index in [2.05, 4.69) is 46.2 Å². The van der Waals surface area contributed by atoms with Gasteiger partial charge >= 0.3 is 0 Å². The van der Waals surface area contributed by atoms with E-state index in [0.717, 1.165) is 42.8 Å². The van der Waals surface area contributed by atoms with Crippen molar-refractivity contribution >= 4 is 45.9 Å². The predicted octanol–water partition coefficient (Wildman–Crippen LogP) is 2.77. The van der Waals surface area contributed by atoms with Crippen LogP contribution in [0.1, 0.15) is 20.8 Å². The summed E-state index contributed by atoms with van der Waals surface area (Å²) in [6.45, 7) is 9.98. The summed E-state index contributed by atoms with van der Waals surface area (Å²) in [5, 5.41) is 6.92. The van der Waals surface area contributed by atoms with E-state index in [0.29, 0.717) is 16.8 Å². The maximum absolute atomic E-state index is 12.6. The number of carbonyl (C=O) groups excluding carboxylic acids is 1. The second-order valence-electron chi connectivity index (χ2n) is 9.74. The Kier molecular flexibility index (Phi) is 7.37. The highest BCUT2D eigenvalue weighted by Gasteiger charge is 2.27. The van der Waals surface area contributed by atoms with Crippen molar-refractivity contribution in [2.45, 2.75) is 26.3 Å². The smallest absolute Gasteiger partial charge is 0.293 e. The van der Waals surface area contributed by atoms with Gasteiger partial charge in [-0.15, -0.1) is 0 Å². The zero-order valence-electron chi connectivity index (χ0n) is 21.3. The number of likely N-dealkylation sites (N-methyl/N-ethyl adjacent to an activating group) is 1. The standard InChI is InChI=1S/C25H32ClN7O3/c1-25(2,3)33-10-8-32(9-11-33)24-28-14-18(26)22(30-24)29-17-6-7-19-16(12-17)13-20(23(35)31(19)5)36-15-21(34)27-4/h6-7,12-14H,8-11,15H2,1-5H3,(H,27,34)(H,28,29,30). The van der Waals surface area contributed by atoms with E-state index in [1.165, 1.54) is 11.6 Å². The summed E-state index contributed by atoms with van der Waals surface area (Å²) in [6, 6.07) is 7.20. The molecule has 192 valence electrons. The van der Waals surface area contributed by atoms with E-state index in [9.17, 15) is 9.59 Å². The van der Waals surface area contributed by atoms with Gasteiger partial charge in [0, 0.05) is 56.9 Å². The summed E-state index contributed by atoms with van der Waals surface area (Å²) in [4.78, 5) is 37.9. The van der Waals surface area contributed by atoms with Gasteiger partial charge in [-0.05, 0) is 45.0 Å². The molecule has 2 aromatic heterocycles. The number of halogens is 1. The van der Waals surface area contributed by atoms with Crippen molar-refractivity contribution in [2.75, 3.05) is 50.1 Å². The van der Waals surface area contributed by atoms with Gasteiger partial charge in [-0.2, -0.15) is 4.98 Å². The minimum absolute atomic E-state index is 0.0995. The molecule has 36 heavy (non-hydrogen) atoms. The summed E-state index contributed by atoms with van der Waals surface area (Å²) < 4.78 is 6.94. The van der Waals surface area contributed by atoms with Crippen molar-refractivity contribution in [3.05, 3.63) is 45.8 Å². The molecule has 3 aromatic rings. The Labute approximate surface area is 215 Å². The van der Waals surface area contributed by atoms with Crippen molar-refractivity contribution in [3.8, 4) is 5.75 Å². The zero-order valence-corrected chi connectivity index (χ0v) is 22.0. The molecule has 0 radical (unpaired) electrons. The Hall–Kier alpha value is -3.37. The van der Waals surface area contributed by atoms with Gasteiger partial charge in [0.2, 0.25) is 5.95 Å². The molecule has 2 N–H and O–H groups in total. The van der Waals surface area contributed by atoms with E-state index in [-0.39, 0.29) is 29.4 Å². The van der Waals surface area contributed by atoms with Crippen molar-refractivity contribution in [2.24, 2.45) is 7.05 Å². The summed E-state index contributed by atoms with van der Waals surface area (Å²) in [7, 11) is 3.18. The van der Waals surface area contributed by atoms with Crippen LogP contribution < -0.4 is 25.8 Å². The highest BCUT2D eigenvalue weighted by Crippen LogP contribution is 2.28. The number of aromatic nitrogens is 3. The van der Waals surface area contributed by atoms with Crippen LogP contribution in [-0.2, 0) is 11.8 Å². The highest BCUT2D eigenvalue weighted by atomic mass is 35.5. The molecule has 1 saturated heterocycles. The SMILES string of the molecule is CNC(=O)COc1cc2cc(Nc3nc(N4CCN(C(C)(C)C)CC4)ncc3Cl)ccc2n(C)c1=O. The van der Waals surface area contributed by atoms with Gasteiger partial charge in [0.1, 0.15) is 5.02 Å². The topological polar surface area (TPSA) is 105 Å². The molecule has 11 heteroatoms. The second kappa shape index (κ2) is 10.3. The molecule has 0 saturated carbocycles. The van der Waals surface area contributed by atoms with E-state index in [1.807, 2.05) is 18.2 Å². The zero-order chi connectivity index (χ0) is 26.0. The van der Waals surface area contributed by atoms with Crippen molar-refractivity contribution in [3.63, 3.8) is 0 Å². The van der Waals surface area contributed by atoms with E-state index < -0.39 is 0 Å². The monoisotopic (exact) mass is 513 g/mol. The Bertz CT molecular complexity index is 1330. The molecule has 0 bridgehead atoms. The van der Waals surface area contributed by atoms with Crippen LogP contribution in [0, 0.1) is 0 Å². The lowest BCUT2D eigenvalue weighted by Crippen LogP contribution is -2.53. The molecule has 1 aliphatic heterocycles. The third kappa shape index (κ3) is 5.55. The average molecular weight is 514 g/mol. The molecule has 1 amide bonds. The second-order valence-corrected chi connectivity index (χ2v) is 10.2. The number of aryl methyl sites for hydroxylation is 1. The number of nitrogens with zero attached hydrogens (tertiary/aromatic N) is 5. The minimum Gasteiger partial charge on any atom is -0.478 e. The average Bonchev–Trinajstić information content (AvgIpc) is 2.86. The maximum atomic E-state index is 12.6. The van der Waals surface area contributed by atoms with E-state index in [4.69, 9.17) is 21.3 Å². The molecule has 1 fully saturated rings. The largest absolute Gasteiger partial charge is 0.478 e. The summed E-state index contributed by atoms with van der Waals surface area (Å²) in [5.74, 6) is 0.910. The number of carbonyl (C=O) groups is 1. The lowest BCUT2D eigenvalue weighted by atomic mass is 10.1. The highest BCUT2D eigenvalue weighted by molar-refractivity contribution is 6.32. The fourth-order valence-electron chi connectivity index (χ4n) is 4.16. The summed E-state index contributed by atoms with van der Waals surface area (Å²) in [5.41, 5.74) is 1.28. The molecule has 1 aliphatic rings. The fourth-order valence-corrected chi connectivity index (χ4v) is 4.30. The molecule has 4 rings (SSSR count). The third-order valence-corrected chi connectivity index (χ3v) is 6.61. The molecule has 3 heterocycles. The van der Waals surface area contributed by atoms with Crippen molar-refractivity contribution < 1.29 is 9.53 Å².